The van der Waals surface area contributed by atoms with Gasteiger partial charge in [-0.3, -0.25) is 4.79 Å². The largest absolute Gasteiger partial charge is 0.363 e. The number of halogens is 1. The van der Waals surface area contributed by atoms with Gasteiger partial charge in [0.1, 0.15) is 0 Å². The van der Waals surface area contributed by atoms with E-state index >= 15 is 0 Å². The van der Waals surface area contributed by atoms with Crippen LogP contribution in [0.5, 0.6) is 0 Å². The molecule has 0 radical (unpaired) electrons. The third kappa shape index (κ3) is 3.00. The number of alkyl halides is 1. The number of nitrogens with zero attached hydrogens (tertiary/aromatic N) is 2. The molecule has 94 valence electrons. The van der Waals surface area contributed by atoms with Crippen molar-refractivity contribution in [1.29, 1.82) is 0 Å². The molecule has 1 N–H and O–H groups in total. The highest BCUT2D eigenvalue weighted by Crippen LogP contribution is 2.27. The predicted molar refractivity (Wildman–Crippen MR) is 69.6 cm³/mol. The topological polar surface area (TPSA) is 46.9 Å². The molecular formula is C12H18ClN3O. The number of rotatable bonds is 4. The smallest absolute Gasteiger partial charge is 0.293 e. The first-order valence-corrected chi connectivity index (χ1v) is 6.46. The summed E-state index contributed by atoms with van der Waals surface area (Å²) in [6, 6.07) is 0.299. The SMILES string of the molecule is CC(C)Cn1ccnc(NC2CC(Cl)C2)c1=O. The van der Waals surface area contributed by atoms with E-state index in [-0.39, 0.29) is 10.9 Å². The van der Waals surface area contributed by atoms with Crippen molar-refractivity contribution in [2.75, 3.05) is 5.32 Å². The van der Waals surface area contributed by atoms with Gasteiger partial charge >= 0.3 is 0 Å². The molecule has 0 amide bonds. The van der Waals surface area contributed by atoms with Gasteiger partial charge in [-0.25, -0.2) is 4.98 Å². The predicted octanol–water partition coefficient (Wildman–Crippen LogP) is 2.08. The molecule has 1 heterocycles. The number of aromatic nitrogens is 2. The Hall–Kier alpha value is -1.03. The summed E-state index contributed by atoms with van der Waals surface area (Å²) in [6.07, 6.45) is 5.21. The molecule has 1 aromatic rings. The van der Waals surface area contributed by atoms with Crippen LogP contribution >= 0.6 is 11.6 Å². The van der Waals surface area contributed by atoms with Crippen molar-refractivity contribution in [2.45, 2.75) is 44.7 Å². The van der Waals surface area contributed by atoms with Gasteiger partial charge in [-0.2, -0.15) is 0 Å². The number of anilines is 1. The van der Waals surface area contributed by atoms with Crippen molar-refractivity contribution in [3.8, 4) is 0 Å². The van der Waals surface area contributed by atoms with Crippen LogP contribution in [0.2, 0.25) is 0 Å². The monoisotopic (exact) mass is 255 g/mol. The van der Waals surface area contributed by atoms with E-state index in [2.05, 4.69) is 24.1 Å². The van der Waals surface area contributed by atoms with Crippen LogP contribution < -0.4 is 10.9 Å². The zero-order valence-corrected chi connectivity index (χ0v) is 10.9. The van der Waals surface area contributed by atoms with Crippen LogP contribution in [0.1, 0.15) is 26.7 Å². The van der Waals surface area contributed by atoms with Gasteiger partial charge in [0.05, 0.1) is 0 Å². The van der Waals surface area contributed by atoms with E-state index in [1.165, 1.54) is 0 Å². The molecule has 0 aromatic carbocycles. The van der Waals surface area contributed by atoms with Crippen LogP contribution in [0.15, 0.2) is 17.2 Å². The first-order valence-electron chi connectivity index (χ1n) is 6.02. The van der Waals surface area contributed by atoms with E-state index < -0.39 is 0 Å². The molecule has 1 fully saturated rings. The lowest BCUT2D eigenvalue weighted by Gasteiger charge is -2.31. The zero-order chi connectivity index (χ0) is 12.4. The minimum Gasteiger partial charge on any atom is -0.363 e. The molecule has 5 heteroatoms. The summed E-state index contributed by atoms with van der Waals surface area (Å²) in [5.74, 6) is 0.889. The minimum absolute atomic E-state index is 0.0424. The van der Waals surface area contributed by atoms with E-state index in [1.807, 2.05) is 0 Å². The normalized spacial score (nSPS) is 23.5. The van der Waals surface area contributed by atoms with Crippen molar-refractivity contribution in [3.05, 3.63) is 22.7 Å². The van der Waals surface area contributed by atoms with Gasteiger partial charge in [0, 0.05) is 30.4 Å². The second-order valence-electron chi connectivity index (χ2n) is 5.04. The average molecular weight is 256 g/mol. The Bertz CT molecular complexity index is 438. The van der Waals surface area contributed by atoms with Gasteiger partial charge in [0.2, 0.25) is 0 Å². The van der Waals surface area contributed by atoms with Crippen LogP contribution in [0.25, 0.3) is 0 Å². The quantitative estimate of drug-likeness (QED) is 0.838. The highest BCUT2D eigenvalue weighted by Gasteiger charge is 2.27. The van der Waals surface area contributed by atoms with Crippen molar-refractivity contribution in [1.82, 2.24) is 9.55 Å². The van der Waals surface area contributed by atoms with Crippen LogP contribution in [0, 0.1) is 5.92 Å². The van der Waals surface area contributed by atoms with Crippen LogP contribution in [0.4, 0.5) is 5.82 Å². The lowest BCUT2D eigenvalue weighted by Crippen LogP contribution is -2.39. The lowest BCUT2D eigenvalue weighted by molar-refractivity contribution is 0.451. The van der Waals surface area contributed by atoms with Crippen LogP contribution in [-0.2, 0) is 6.54 Å². The Balaban J connectivity index is 2.09. The highest BCUT2D eigenvalue weighted by atomic mass is 35.5. The maximum absolute atomic E-state index is 12.1. The zero-order valence-electron chi connectivity index (χ0n) is 10.2. The third-order valence-electron chi connectivity index (χ3n) is 2.90. The lowest BCUT2D eigenvalue weighted by atomic mass is 9.92. The molecule has 2 rings (SSSR count). The summed E-state index contributed by atoms with van der Waals surface area (Å²) in [6.45, 7) is 4.90. The van der Waals surface area contributed by atoms with Crippen LogP contribution in [-0.4, -0.2) is 21.0 Å². The van der Waals surface area contributed by atoms with Gasteiger partial charge in [-0.1, -0.05) is 13.8 Å². The summed E-state index contributed by atoms with van der Waals surface area (Å²) in [4.78, 5) is 16.2. The Kier molecular flexibility index (Phi) is 3.72. The second-order valence-corrected chi connectivity index (χ2v) is 5.65. The van der Waals surface area contributed by atoms with Gasteiger partial charge in [0.25, 0.3) is 5.56 Å². The molecule has 1 aromatic heterocycles. The summed E-state index contributed by atoms with van der Waals surface area (Å²) >= 11 is 5.91. The van der Waals surface area contributed by atoms with E-state index in [0.29, 0.717) is 17.8 Å². The molecule has 0 saturated heterocycles. The summed E-state index contributed by atoms with van der Waals surface area (Å²) in [5.41, 5.74) is -0.0424. The van der Waals surface area contributed by atoms with Gasteiger partial charge in [-0.15, -0.1) is 11.6 Å². The standard InChI is InChI=1S/C12H18ClN3O/c1-8(2)7-16-4-3-14-11(12(16)17)15-10-5-9(13)6-10/h3-4,8-10H,5-7H2,1-2H3,(H,14,15). The maximum Gasteiger partial charge on any atom is 0.293 e. The molecule has 17 heavy (non-hydrogen) atoms. The fraction of sp³-hybridized carbons (Fsp3) is 0.667. The Morgan fingerprint density at radius 2 is 2.29 bits per heavy atom. The molecule has 1 saturated carbocycles. The third-order valence-corrected chi connectivity index (χ3v) is 3.25. The molecule has 1 aliphatic rings. The average Bonchev–Trinajstić information content (AvgIpc) is 2.21. The maximum atomic E-state index is 12.1. The van der Waals surface area contributed by atoms with Crippen molar-refractivity contribution < 1.29 is 0 Å². The fourth-order valence-corrected chi connectivity index (χ4v) is 2.37. The molecule has 1 aliphatic carbocycles. The number of hydrogen-bond donors (Lipinski definition) is 1. The van der Waals surface area contributed by atoms with Crippen molar-refractivity contribution in [2.24, 2.45) is 5.92 Å². The first-order chi connectivity index (χ1) is 8.06. The van der Waals surface area contributed by atoms with Gasteiger partial charge in [-0.05, 0) is 18.8 Å². The number of nitrogens with one attached hydrogen (secondary N) is 1. The van der Waals surface area contributed by atoms with E-state index in [1.54, 1.807) is 17.0 Å². The molecule has 4 nitrogen and oxygen atoms in total. The highest BCUT2D eigenvalue weighted by molar-refractivity contribution is 6.21. The Morgan fingerprint density at radius 3 is 2.88 bits per heavy atom. The van der Waals surface area contributed by atoms with E-state index in [0.717, 1.165) is 19.4 Å². The minimum atomic E-state index is -0.0424. The number of hydrogen-bond acceptors (Lipinski definition) is 3. The second kappa shape index (κ2) is 5.08. The van der Waals surface area contributed by atoms with E-state index in [9.17, 15) is 4.79 Å². The molecule has 0 unspecified atom stereocenters. The Morgan fingerprint density at radius 1 is 1.59 bits per heavy atom. The summed E-state index contributed by atoms with van der Waals surface area (Å²) in [7, 11) is 0. The van der Waals surface area contributed by atoms with Crippen molar-refractivity contribution in [3.63, 3.8) is 0 Å². The molecule has 0 spiro atoms. The summed E-state index contributed by atoms with van der Waals surface area (Å²) < 4.78 is 1.71. The molecule has 0 atom stereocenters. The fourth-order valence-electron chi connectivity index (χ4n) is 1.94. The summed E-state index contributed by atoms with van der Waals surface area (Å²) in [5, 5.41) is 3.41. The molecule has 0 aliphatic heterocycles. The van der Waals surface area contributed by atoms with E-state index in [4.69, 9.17) is 11.6 Å². The molecular weight excluding hydrogens is 238 g/mol. The molecule has 0 bridgehead atoms. The van der Waals surface area contributed by atoms with Crippen LogP contribution in [0.3, 0.4) is 0 Å². The Labute approximate surface area is 106 Å². The van der Waals surface area contributed by atoms with Gasteiger partial charge < -0.3 is 9.88 Å². The van der Waals surface area contributed by atoms with Crippen molar-refractivity contribution >= 4 is 17.4 Å². The van der Waals surface area contributed by atoms with Gasteiger partial charge in [0.15, 0.2) is 5.82 Å². The first kappa shape index (κ1) is 12.4.